The summed E-state index contributed by atoms with van der Waals surface area (Å²) in [6, 6.07) is 1.45. The van der Waals surface area contributed by atoms with Crippen molar-refractivity contribution in [3.63, 3.8) is 0 Å². The van der Waals surface area contributed by atoms with E-state index in [4.69, 9.17) is 17.0 Å². The Labute approximate surface area is 168 Å². The molecule has 10 heteroatoms. The third kappa shape index (κ3) is 4.76. The average molecular weight is 491 g/mol. The van der Waals surface area contributed by atoms with Gasteiger partial charge in [0.05, 0.1) is 25.7 Å². The first-order valence-electron chi connectivity index (χ1n) is 7.84. The minimum absolute atomic E-state index is 0.0536. The van der Waals surface area contributed by atoms with Crippen molar-refractivity contribution in [3.05, 3.63) is 33.2 Å². The quantitative estimate of drug-likeness (QED) is 0.178. The van der Waals surface area contributed by atoms with Gasteiger partial charge < -0.3 is 24.3 Å². The molecule has 0 bridgehead atoms. The standard InChI is InChI=1S/C17H18INO8/c1-9-10-5-13(24-2)15(22)12(7-20)16(10)27-17(23)11(9)6-14(21)19-3-4-25-8-26-18/h5,7,22H,3-4,6,8H2,1-2H3,(H,19,21). The predicted octanol–water partition coefficient (Wildman–Crippen LogP) is 1.63. The van der Waals surface area contributed by atoms with E-state index in [0.717, 1.165) is 0 Å². The van der Waals surface area contributed by atoms with Crippen LogP contribution in [-0.4, -0.2) is 44.4 Å². The zero-order chi connectivity index (χ0) is 20.0. The Kier molecular flexibility index (Phi) is 7.56. The molecule has 1 aromatic carbocycles. The normalized spacial score (nSPS) is 10.8. The highest BCUT2D eigenvalue weighted by atomic mass is 127. The number of halogens is 1. The van der Waals surface area contributed by atoms with Crippen LogP contribution in [0.3, 0.4) is 0 Å². The van der Waals surface area contributed by atoms with Crippen molar-refractivity contribution in [1.82, 2.24) is 5.32 Å². The lowest BCUT2D eigenvalue weighted by molar-refractivity contribution is -0.120. The number of methoxy groups -OCH3 is 1. The molecule has 0 atom stereocenters. The molecule has 1 heterocycles. The highest BCUT2D eigenvalue weighted by Crippen LogP contribution is 2.36. The van der Waals surface area contributed by atoms with E-state index in [1.54, 1.807) is 29.9 Å². The van der Waals surface area contributed by atoms with Crippen LogP contribution in [0.25, 0.3) is 11.0 Å². The molecule has 0 aliphatic carbocycles. The van der Waals surface area contributed by atoms with Gasteiger partial charge in [0.1, 0.15) is 28.6 Å². The Morgan fingerprint density at radius 3 is 2.81 bits per heavy atom. The number of aromatic hydroxyl groups is 1. The molecule has 0 saturated carbocycles. The average Bonchev–Trinajstić information content (AvgIpc) is 2.65. The summed E-state index contributed by atoms with van der Waals surface area (Å²) in [5.74, 6) is -0.736. The second kappa shape index (κ2) is 9.67. The second-order valence-electron chi connectivity index (χ2n) is 5.49. The number of carbonyl (C=O) groups is 2. The Balaban J connectivity index is 2.33. The summed E-state index contributed by atoms with van der Waals surface area (Å²) < 4.78 is 20.0. The van der Waals surface area contributed by atoms with Crippen molar-refractivity contribution < 1.29 is 31.7 Å². The largest absolute Gasteiger partial charge is 0.504 e. The summed E-state index contributed by atoms with van der Waals surface area (Å²) in [4.78, 5) is 35.7. The number of hydrogen-bond donors (Lipinski definition) is 2. The predicted molar refractivity (Wildman–Crippen MR) is 103 cm³/mol. The van der Waals surface area contributed by atoms with Gasteiger partial charge >= 0.3 is 5.63 Å². The number of hydrogen-bond acceptors (Lipinski definition) is 8. The fourth-order valence-electron chi connectivity index (χ4n) is 2.55. The van der Waals surface area contributed by atoms with Gasteiger partial charge in [-0.1, -0.05) is 0 Å². The first-order chi connectivity index (χ1) is 12.9. The number of aryl methyl sites for hydroxylation is 1. The number of phenolic OH excluding ortho intramolecular Hbond substituents is 1. The minimum Gasteiger partial charge on any atom is -0.504 e. The molecule has 0 spiro atoms. The minimum atomic E-state index is -0.752. The first kappa shape index (κ1) is 21.1. The number of rotatable bonds is 9. The Morgan fingerprint density at radius 1 is 1.44 bits per heavy atom. The zero-order valence-electron chi connectivity index (χ0n) is 14.7. The lowest BCUT2D eigenvalue weighted by Crippen LogP contribution is -2.30. The molecule has 146 valence electrons. The number of benzene rings is 1. The van der Waals surface area contributed by atoms with Gasteiger partial charge in [0.25, 0.3) is 0 Å². The van der Waals surface area contributed by atoms with E-state index in [1.807, 2.05) is 0 Å². The van der Waals surface area contributed by atoms with Gasteiger partial charge in [0.15, 0.2) is 30.2 Å². The van der Waals surface area contributed by atoms with Crippen LogP contribution in [0.15, 0.2) is 15.3 Å². The number of carbonyl (C=O) groups excluding carboxylic acids is 2. The number of ether oxygens (including phenoxy) is 2. The second-order valence-corrected chi connectivity index (χ2v) is 6.11. The Morgan fingerprint density at radius 2 is 2.19 bits per heavy atom. The maximum absolute atomic E-state index is 12.3. The number of nitrogens with one attached hydrogen (secondary N) is 1. The third-order valence-electron chi connectivity index (χ3n) is 3.92. The van der Waals surface area contributed by atoms with E-state index in [0.29, 0.717) is 17.2 Å². The molecule has 2 aromatic rings. The van der Waals surface area contributed by atoms with Crippen molar-refractivity contribution >= 4 is 46.2 Å². The van der Waals surface area contributed by atoms with E-state index in [-0.39, 0.29) is 54.7 Å². The van der Waals surface area contributed by atoms with Gasteiger partial charge in [-0.3, -0.25) is 12.7 Å². The molecular weight excluding hydrogens is 473 g/mol. The van der Waals surface area contributed by atoms with Crippen LogP contribution in [0.4, 0.5) is 0 Å². The molecule has 0 radical (unpaired) electrons. The van der Waals surface area contributed by atoms with E-state index in [1.165, 1.54) is 13.2 Å². The summed E-state index contributed by atoms with van der Waals surface area (Å²) >= 11 is 1.69. The third-order valence-corrected chi connectivity index (χ3v) is 4.18. The summed E-state index contributed by atoms with van der Waals surface area (Å²) in [5.41, 5.74) is -0.372. The van der Waals surface area contributed by atoms with Gasteiger partial charge in [-0.2, -0.15) is 0 Å². The maximum atomic E-state index is 12.3. The topological polar surface area (TPSA) is 124 Å². The highest BCUT2D eigenvalue weighted by Gasteiger charge is 2.21. The van der Waals surface area contributed by atoms with Gasteiger partial charge in [-0.15, -0.1) is 0 Å². The molecule has 1 amide bonds. The van der Waals surface area contributed by atoms with Crippen LogP contribution in [-0.2, 0) is 19.0 Å². The van der Waals surface area contributed by atoms with Gasteiger partial charge in [-0.25, -0.2) is 4.79 Å². The van der Waals surface area contributed by atoms with Crippen LogP contribution in [0, 0.1) is 6.92 Å². The fraction of sp³-hybridized carbons (Fsp3) is 0.353. The molecule has 0 unspecified atom stereocenters. The fourth-order valence-corrected chi connectivity index (χ4v) is 2.73. The lowest BCUT2D eigenvalue weighted by atomic mass is 10.0. The monoisotopic (exact) mass is 491 g/mol. The van der Waals surface area contributed by atoms with E-state index in [2.05, 4.69) is 5.32 Å². The number of amides is 1. The highest BCUT2D eigenvalue weighted by molar-refractivity contribution is 14.1. The first-order valence-corrected chi connectivity index (χ1v) is 8.72. The number of fused-ring (bicyclic) bond motifs is 1. The van der Waals surface area contributed by atoms with Crippen LogP contribution in [0.1, 0.15) is 21.5 Å². The van der Waals surface area contributed by atoms with Crippen molar-refractivity contribution in [1.29, 1.82) is 0 Å². The molecule has 9 nitrogen and oxygen atoms in total. The Bertz CT molecular complexity index is 908. The summed E-state index contributed by atoms with van der Waals surface area (Å²) in [6.07, 6.45) is 0.181. The van der Waals surface area contributed by atoms with E-state index in [9.17, 15) is 19.5 Å². The smallest absolute Gasteiger partial charge is 0.340 e. The molecule has 0 aliphatic rings. The van der Waals surface area contributed by atoms with Gasteiger partial charge in [0, 0.05) is 11.9 Å². The van der Waals surface area contributed by atoms with Crippen molar-refractivity contribution in [2.45, 2.75) is 13.3 Å². The molecule has 0 aliphatic heterocycles. The van der Waals surface area contributed by atoms with Gasteiger partial charge in [0.2, 0.25) is 5.91 Å². The summed E-state index contributed by atoms with van der Waals surface area (Å²) in [5, 5.41) is 13.1. The molecule has 0 fully saturated rings. The van der Waals surface area contributed by atoms with Crippen LogP contribution >= 0.6 is 23.0 Å². The summed E-state index contributed by atoms with van der Waals surface area (Å²) in [7, 11) is 1.34. The van der Waals surface area contributed by atoms with Crippen molar-refractivity contribution in [2.24, 2.45) is 0 Å². The summed E-state index contributed by atoms with van der Waals surface area (Å²) in [6.45, 7) is 2.26. The van der Waals surface area contributed by atoms with E-state index >= 15 is 0 Å². The van der Waals surface area contributed by atoms with Crippen LogP contribution < -0.4 is 15.7 Å². The number of phenols is 1. The molecule has 0 saturated heterocycles. The Hall–Kier alpha value is -2.18. The maximum Gasteiger partial charge on any atom is 0.340 e. The van der Waals surface area contributed by atoms with Crippen molar-refractivity contribution in [2.75, 3.05) is 27.1 Å². The molecule has 2 rings (SSSR count). The molecule has 27 heavy (non-hydrogen) atoms. The molecular formula is C17H18INO8. The van der Waals surface area contributed by atoms with Crippen LogP contribution in [0.2, 0.25) is 0 Å². The lowest BCUT2D eigenvalue weighted by Gasteiger charge is -2.12. The zero-order valence-corrected chi connectivity index (χ0v) is 16.8. The SMILES string of the molecule is COc1cc2c(C)c(CC(=O)NCCOCOI)c(=O)oc2c(C=O)c1O. The van der Waals surface area contributed by atoms with Crippen molar-refractivity contribution in [3.8, 4) is 11.5 Å². The van der Waals surface area contributed by atoms with Gasteiger partial charge in [-0.05, 0) is 18.6 Å². The van der Waals surface area contributed by atoms with E-state index < -0.39 is 11.4 Å². The molecule has 1 aromatic heterocycles. The molecule has 2 N–H and O–H groups in total. The number of aldehydes is 1. The van der Waals surface area contributed by atoms with Crippen LogP contribution in [0.5, 0.6) is 11.5 Å².